The Morgan fingerprint density at radius 1 is 0.667 bits per heavy atom. The van der Waals surface area contributed by atoms with Gasteiger partial charge in [-0.25, -0.2) is 0 Å². The smallest absolute Gasteiger partial charge is 0.170 e. The standard InChI is InChI=1S/C21H24N4S2/c26-20(24-18-9-10-18)22-16-5-1-14(2-6-16)13-15-3-7-17(8-4-15)23-21(27)25-19-11-12-19/h1-8,18-19H,9-13H2,(H2,22,24,26)(H2,23,25,27). The van der Waals surface area contributed by atoms with Crippen LogP contribution in [0.1, 0.15) is 36.8 Å². The molecule has 0 amide bonds. The van der Waals surface area contributed by atoms with Gasteiger partial charge in [-0.05, 0) is 91.9 Å². The summed E-state index contributed by atoms with van der Waals surface area (Å²) in [7, 11) is 0. The largest absolute Gasteiger partial charge is 0.360 e. The highest BCUT2D eigenvalue weighted by Gasteiger charge is 2.22. The molecule has 140 valence electrons. The van der Waals surface area contributed by atoms with E-state index in [0.717, 1.165) is 17.8 Å². The molecule has 4 nitrogen and oxygen atoms in total. The van der Waals surface area contributed by atoms with E-state index in [2.05, 4.69) is 69.8 Å². The van der Waals surface area contributed by atoms with Gasteiger partial charge < -0.3 is 21.3 Å². The van der Waals surface area contributed by atoms with Gasteiger partial charge in [0, 0.05) is 23.5 Å². The molecule has 2 fully saturated rings. The lowest BCUT2D eigenvalue weighted by Gasteiger charge is -2.11. The zero-order chi connectivity index (χ0) is 18.6. The van der Waals surface area contributed by atoms with Crippen molar-refractivity contribution in [1.29, 1.82) is 0 Å². The van der Waals surface area contributed by atoms with Crippen LogP contribution >= 0.6 is 24.4 Å². The third-order valence-corrected chi connectivity index (χ3v) is 5.10. The SMILES string of the molecule is S=C(Nc1ccc(Cc2ccc(NC(=S)NC3CC3)cc2)cc1)NC1CC1. The maximum atomic E-state index is 5.32. The molecule has 2 aromatic carbocycles. The average molecular weight is 397 g/mol. The van der Waals surface area contributed by atoms with Crippen molar-refractivity contribution in [2.45, 2.75) is 44.2 Å². The second kappa shape index (κ2) is 8.23. The normalized spacial score (nSPS) is 15.7. The number of rotatable bonds is 6. The van der Waals surface area contributed by atoms with Crippen molar-refractivity contribution < 1.29 is 0 Å². The van der Waals surface area contributed by atoms with Crippen molar-refractivity contribution in [2.75, 3.05) is 10.6 Å². The second-order valence-corrected chi connectivity index (χ2v) is 8.13. The molecule has 0 atom stereocenters. The molecule has 0 aliphatic heterocycles. The summed E-state index contributed by atoms with van der Waals surface area (Å²) < 4.78 is 0. The first-order chi connectivity index (χ1) is 13.1. The maximum absolute atomic E-state index is 5.32. The molecule has 6 heteroatoms. The van der Waals surface area contributed by atoms with Gasteiger partial charge in [-0.1, -0.05) is 24.3 Å². The third kappa shape index (κ3) is 5.91. The number of hydrogen-bond acceptors (Lipinski definition) is 2. The molecule has 0 saturated heterocycles. The molecule has 0 unspecified atom stereocenters. The fourth-order valence-corrected chi connectivity index (χ4v) is 3.38. The fourth-order valence-electron chi connectivity index (χ4n) is 2.81. The topological polar surface area (TPSA) is 48.1 Å². The van der Waals surface area contributed by atoms with Gasteiger partial charge in [-0.2, -0.15) is 0 Å². The Morgan fingerprint density at radius 3 is 1.37 bits per heavy atom. The van der Waals surface area contributed by atoms with E-state index in [4.69, 9.17) is 24.4 Å². The molecular weight excluding hydrogens is 372 g/mol. The number of anilines is 2. The van der Waals surface area contributed by atoms with Crippen molar-refractivity contribution in [3.63, 3.8) is 0 Å². The minimum absolute atomic E-state index is 0.570. The van der Waals surface area contributed by atoms with Gasteiger partial charge in [0.05, 0.1) is 0 Å². The van der Waals surface area contributed by atoms with Gasteiger partial charge in [0.1, 0.15) is 0 Å². The fraction of sp³-hybridized carbons (Fsp3) is 0.333. The lowest BCUT2D eigenvalue weighted by Crippen LogP contribution is -2.30. The number of nitrogens with one attached hydrogen (secondary N) is 4. The first kappa shape index (κ1) is 18.2. The average Bonchev–Trinajstić information content (AvgIpc) is 3.56. The Hall–Kier alpha value is -2.18. The van der Waals surface area contributed by atoms with Gasteiger partial charge in [0.2, 0.25) is 0 Å². The Morgan fingerprint density at radius 2 is 1.04 bits per heavy atom. The molecule has 0 radical (unpaired) electrons. The van der Waals surface area contributed by atoms with E-state index < -0.39 is 0 Å². The van der Waals surface area contributed by atoms with E-state index in [9.17, 15) is 0 Å². The lowest BCUT2D eigenvalue weighted by molar-refractivity contribution is 0.919. The molecular formula is C21H24N4S2. The minimum atomic E-state index is 0.570. The molecule has 2 aromatic rings. The van der Waals surface area contributed by atoms with E-state index in [1.165, 1.54) is 36.8 Å². The summed E-state index contributed by atoms with van der Waals surface area (Å²) in [6.45, 7) is 0. The summed E-state index contributed by atoms with van der Waals surface area (Å²) in [5.74, 6) is 0. The first-order valence-electron chi connectivity index (χ1n) is 9.47. The van der Waals surface area contributed by atoms with Crippen molar-refractivity contribution in [1.82, 2.24) is 10.6 Å². The van der Waals surface area contributed by atoms with Gasteiger partial charge >= 0.3 is 0 Å². The zero-order valence-electron chi connectivity index (χ0n) is 15.1. The molecule has 4 N–H and O–H groups in total. The molecule has 0 heterocycles. The molecule has 2 aliphatic rings. The van der Waals surface area contributed by atoms with Gasteiger partial charge in [-0.15, -0.1) is 0 Å². The van der Waals surface area contributed by atoms with Crippen molar-refractivity contribution >= 4 is 46.0 Å². The van der Waals surface area contributed by atoms with Crippen LogP contribution in [-0.4, -0.2) is 22.3 Å². The Balaban J connectivity index is 1.27. The van der Waals surface area contributed by atoms with E-state index in [1.807, 2.05) is 0 Å². The zero-order valence-corrected chi connectivity index (χ0v) is 16.8. The van der Waals surface area contributed by atoms with Gasteiger partial charge in [-0.3, -0.25) is 0 Å². The summed E-state index contributed by atoms with van der Waals surface area (Å²) >= 11 is 10.6. The predicted molar refractivity (Wildman–Crippen MR) is 120 cm³/mol. The van der Waals surface area contributed by atoms with E-state index in [1.54, 1.807) is 0 Å². The maximum Gasteiger partial charge on any atom is 0.170 e. The van der Waals surface area contributed by atoms with E-state index in [0.29, 0.717) is 22.3 Å². The van der Waals surface area contributed by atoms with Crippen LogP contribution in [-0.2, 0) is 6.42 Å². The van der Waals surface area contributed by atoms with E-state index >= 15 is 0 Å². The summed E-state index contributed by atoms with van der Waals surface area (Å²) in [6, 6.07) is 18.0. The quantitative estimate of drug-likeness (QED) is 0.550. The van der Waals surface area contributed by atoms with Crippen molar-refractivity contribution in [2.24, 2.45) is 0 Å². The number of thiocarbonyl (C=S) groups is 2. The Bertz CT molecular complexity index is 740. The third-order valence-electron chi connectivity index (χ3n) is 4.66. The number of benzene rings is 2. The Kier molecular flexibility index (Phi) is 5.55. The van der Waals surface area contributed by atoms with Crippen LogP contribution in [0.2, 0.25) is 0 Å². The molecule has 2 aliphatic carbocycles. The second-order valence-electron chi connectivity index (χ2n) is 7.32. The highest BCUT2D eigenvalue weighted by atomic mass is 32.1. The minimum Gasteiger partial charge on any atom is -0.360 e. The van der Waals surface area contributed by atoms with Crippen LogP contribution in [0.3, 0.4) is 0 Å². The van der Waals surface area contributed by atoms with Crippen molar-refractivity contribution in [3.8, 4) is 0 Å². The molecule has 4 rings (SSSR count). The van der Waals surface area contributed by atoms with Crippen LogP contribution in [0.25, 0.3) is 0 Å². The molecule has 0 aromatic heterocycles. The summed E-state index contributed by atoms with van der Waals surface area (Å²) in [6.07, 6.45) is 5.78. The monoisotopic (exact) mass is 396 g/mol. The van der Waals surface area contributed by atoms with Crippen molar-refractivity contribution in [3.05, 3.63) is 59.7 Å². The summed E-state index contributed by atoms with van der Waals surface area (Å²) in [5, 5.41) is 14.5. The summed E-state index contributed by atoms with van der Waals surface area (Å²) in [5.41, 5.74) is 4.59. The molecule has 27 heavy (non-hydrogen) atoms. The number of hydrogen-bond donors (Lipinski definition) is 4. The lowest BCUT2D eigenvalue weighted by atomic mass is 10.0. The first-order valence-corrected chi connectivity index (χ1v) is 10.3. The van der Waals surface area contributed by atoms with Crippen LogP contribution in [0.15, 0.2) is 48.5 Å². The van der Waals surface area contributed by atoms with Crippen LogP contribution < -0.4 is 21.3 Å². The Labute approximate surface area is 171 Å². The highest BCUT2D eigenvalue weighted by Crippen LogP contribution is 2.20. The summed E-state index contributed by atoms with van der Waals surface area (Å²) in [4.78, 5) is 0. The van der Waals surface area contributed by atoms with Gasteiger partial charge in [0.15, 0.2) is 10.2 Å². The highest BCUT2D eigenvalue weighted by molar-refractivity contribution is 7.80. The van der Waals surface area contributed by atoms with Crippen LogP contribution in [0.5, 0.6) is 0 Å². The molecule has 0 bridgehead atoms. The molecule has 0 spiro atoms. The molecule has 2 saturated carbocycles. The van der Waals surface area contributed by atoms with Gasteiger partial charge in [0.25, 0.3) is 0 Å². The predicted octanol–water partition coefficient (Wildman–Crippen LogP) is 4.18. The van der Waals surface area contributed by atoms with E-state index in [-0.39, 0.29) is 0 Å². The van der Waals surface area contributed by atoms with Crippen LogP contribution in [0.4, 0.5) is 11.4 Å². The van der Waals surface area contributed by atoms with Crippen LogP contribution in [0, 0.1) is 0 Å².